The van der Waals surface area contributed by atoms with Crippen LogP contribution < -0.4 is 25.2 Å². The third-order valence-corrected chi connectivity index (χ3v) is 16.9. The van der Waals surface area contributed by atoms with Crippen LogP contribution in [0.3, 0.4) is 0 Å². The van der Waals surface area contributed by atoms with E-state index in [9.17, 15) is 9.90 Å². The molecular weight excluding hydrogens is 750 g/mol. The van der Waals surface area contributed by atoms with Crippen molar-refractivity contribution in [3.8, 4) is 17.7 Å². The van der Waals surface area contributed by atoms with E-state index < -0.39 is 40.9 Å². The molecule has 6 atom stereocenters. The molecule has 0 unspecified atom stereocenters. The van der Waals surface area contributed by atoms with Crippen molar-refractivity contribution >= 4 is 50.0 Å². The minimum absolute atomic E-state index is 0.00635. The zero-order valence-electron chi connectivity index (χ0n) is 31.0. The Kier molecular flexibility index (Phi) is 11.7. The van der Waals surface area contributed by atoms with E-state index in [0.717, 1.165) is 25.4 Å². The molecule has 5 aromatic rings. The first-order chi connectivity index (χ1) is 27.4. The van der Waals surface area contributed by atoms with E-state index in [2.05, 4.69) is 98.2 Å². The van der Waals surface area contributed by atoms with E-state index >= 15 is 0 Å². The molecule has 16 heteroatoms. The Hall–Kier alpha value is -4.78. The van der Waals surface area contributed by atoms with Crippen molar-refractivity contribution in [1.29, 1.82) is 5.26 Å². The molecule has 56 heavy (non-hydrogen) atoms. The maximum Gasteiger partial charge on any atom is 0.264 e. The number of aliphatic hydroxyl groups is 1. The molecule has 3 aliphatic rings. The average molecular weight is 794 g/mol. The summed E-state index contributed by atoms with van der Waals surface area (Å²) in [5, 5.41) is 25.1. The summed E-state index contributed by atoms with van der Waals surface area (Å²) in [5.74, 6) is 0.170. The van der Waals surface area contributed by atoms with Gasteiger partial charge in [0.1, 0.15) is 32.8 Å². The van der Waals surface area contributed by atoms with Crippen LogP contribution >= 0.6 is 8.53 Å². The highest BCUT2D eigenvalue weighted by atomic mass is 31.2. The third-order valence-electron chi connectivity index (χ3n) is 10.7. The van der Waals surface area contributed by atoms with Gasteiger partial charge in [0.05, 0.1) is 37.6 Å². The van der Waals surface area contributed by atoms with Crippen molar-refractivity contribution in [2.24, 2.45) is 0 Å². The van der Waals surface area contributed by atoms with Crippen LogP contribution in [0.1, 0.15) is 31.9 Å². The molecule has 3 saturated heterocycles. The molecule has 0 bridgehead atoms. The van der Waals surface area contributed by atoms with Crippen LogP contribution in [0.4, 0.5) is 5.95 Å². The lowest BCUT2D eigenvalue weighted by molar-refractivity contribution is -0.118. The number of ether oxygens (including phenoxy) is 3. The molecule has 2 aromatic heterocycles. The molecule has 3 fully saturated rings. The Balaban J connectivity index is 1.00. The number of fused-ring (bicyclic) bond motifs is 2. The van der Waals surface area contributed by atoms with Gasteiger partial charge in [-0.1, -0.05) is 95.8 Å². The number of hydrogen-bond donors (Lipinski definition) is 2. The Labute approximate surface area is 327 Å². The number of nitrogens with one attached hydrogen (secondary N) is 1. The molecule has 3 aromatic carbocycles. The van der Waals surface area contributed by atoms with Crippen molar-refractivity contribution < 1.29 is 33.2 Å². The molecule has 0 spiro atoms. The average Bonchev–Trinajstić information content (AvgIpc) is 4.04. The summed E-state index contributed by atoms with van der Waals surface area (Å²) in [7, 11) is -3.60. The monoisotopic (exact) mass is 793 g/mol. The Morgan fingerprint density at radius 3 is 2.43 bits per heavy atom. The van der Waals surface area contributed by atoms with E-state index in [1.165, 1.54) is 10.4 Å². The van der Waals surface area contributed by atoms with Crippen LogP contribution in [0, 0.1) is 11.3 Å². The van der Waals surface area contributed by atoms with Gasteiger partial charge in [-0.15, -0.1) is 0 Å². The van der Waals surface area contributed by atoms with E-state index in [-0.39, 0.29) is 50.2 Å². The van der Waals surface area contributed by atoms with Crippen molar-refractivity contribution in [2.45, 2.75) is 68.9 Å². The van der Waals surface area contributed by atoms with Crippen LogP contribution in [-0.4, -0.2) is 94.0 Å². The van der Waals surface area contributed by atoms with E-state index in [0.29, 0.717) is 23.3 Å². The number of anilines is 1. The number of nitriles is 1. The second-order valence-electron chi connectivity index (χ2n) is 14.3. The summed E-state index contributed by atoms with van der Waals surface area (Å²) in [6.07, 6.45) is 2.52. The van der Waals surface area contributed by atoms with Crippen molar-refractivity contribution in [1.82, 2.24) is 24.2 Å². The van der Waals surface area contributed by atoms with Crippen LogP contribution in [0.2, 0.25) is 12.6 Å². The molecule has 14 nitrogen and oxygen atoms in total. The lowest BCUT2D eigenvalue weighted by Gasteiger charge is -2.32. The maximum absolute atomic E-state index is 12.9. The van der Waals surface area contributed by atoms with Gasteiger partial charge in [0, 0.05) is 19.0 Å². The molecule has 0 aliphatic carbocycles. The number of amides is 1. The molecule has 0 radical (unpaired) electrons. The predicted molar refractivity (Wildman–Crippen MR) is 212 cm³/mol. The molecule has 2 N–H and O–H groups in total. The van der Waals surface area contributed by atoms with Crippen LogP contribution in [-0.2, 0) is 18.6 Å². The summed E-state index contributed by atoms with van der Waals surface area (Å²) in [6, 6.07) is 33.9. The number of hydrogen-bond acceptors (Lipinski definition) is 12. The highest BCUT2D eigenvalue weighted by Gasteiger charge is 2.52. The fraction of sp³-hybridized carbons (Fsp3) is 0.375. The Morgan fingerprint density at radius 1 is 1.02 bits per heavy atom. The molecule has 1 amide bonds. The van der Waals surface area contributed by atoms with Crippen molar-refractivity contribution in [3.63, 3.8) is 0 Å². The van der Waals surface area contributed by atoms with Crippen molar-refractivity contribution in [2.75, 3.05) is 31.7 Å². The predicted octanol–water partition coefficient (Wildman–Crippen LogP) is 4.78. The van der Waals surface area contributed by atoms with Crippen LogP contribution in [0.25, 0.3) is 11.2 Å². The number of aromatic nitrogens is 4. The Bertz CT molecular complexity index is 2110. The first kappa shape index (κ1) is 38.1. The van der Waals surface area contributed by atoms with E-state index in [1.54, 1.807) is 23.0 Å². The van der Waals surface area contributed by atoms with E-state index in [4.69, 9.17) is 28.5 Å². The van der Waals surface area contributed by atoms with Gasteiger partial charge in [0.2, 0.25) is 11.8 Å². The summed E-state index contributed by atoms with van der Waals surface area (Å²) in [4.78, 5) is 26.4. The summed E-state index contributed by atoms with van der Waals surface area (Å²) >= 11 is 0. The molecule has 5 heterocycles. The number of imidazole rings is 1. The summed E-state index contributed by atoms with van der Waals surface area (Å²) < 4.78 is 35.7. The number of benzene rings is 3. The third kappa shape index (κ3) is 8.05. The SMILES string of the molecule is C[Si](C[C@H]1O[P@@](O[C@@H]2C[C@H](n3cnc4c(OCCC#N)nc(NC(=O)COc5ccccc5)nc43)O[C@@H]2CO)N2CCC[C@@H]12)(c1ccccc1)c1ccccc1. The summed E-state index contributed by atoms with van der Waals surface area (Å²) in [6.45, 7) is 2.89. The molecule has 290 valence electrons. The van der Waals surface area contributed by atoms with Gasteiger partial charge in [-0.05, 0) is 31.0 Å². The minimum atomic E-state index is -2.19. The fourth-order valence-electron chi connectivity index (χ4n) is 7.82. The molecular formula is C40H44N7O7PSi. The first-order valence-corrected chi connectivity index (χ1v) is 22.8. The van der Waals surface area contributed by atoms with Gasteiger partial charge in [0.25, 0.3) is 14.4 Å². The van der Waals surface area contributed by atoms with E-state index in [1.807, 2.05) is 18.2 Å². The maximum atomic E-state index is 12.9. The topological polar surface area (TPSA) is 166 Å². The molecule has 3 aliphatic heterocycles. The number of rotatable bonds is 15. The number of aliphatic hydroxyl groups excluding tert-OH is 1. The Morgan fingerprint density at radius 2 is 1.73 bits per heavy atom. The fourth-order valence-corrected chi connectivity index (χ4v) is 13.8. The van der Waals surface area contributed by atoms with Gasteiger partial charge < -0.3 is 28.4 Å². The first-order valence-electron chi connectivity index (χ1n) is 18.9. The molecule has 0 saturated carbocycles. The smallest absolute Gasteiger partial charge is 0.264 e. The van der Waals surface area contributed by atoms with Crippen LogP contribution in [0.5, 0.6) is 11.6 Å². The van der Waals surface area contributed by atoms with Gasteiger partial charge >= 0.3 is 0 Å². The van der Waals surface area contributed by atoms with Gasteiger partial charge in [-0.25, -0.2) is 9.65 Å². The van der Waals surface area contributed by atoms with Gasteiger partial charge in [-0.2, -0.15) is 15.2 Å². The van der Waals surface area contributed by atoms with Crippen LogP contribution in [0.15, 0.2) is 97.3 Å². The van der Waals surface area contributed by atoms with Crippen molar-refractivity contribution in [3.05, 3.63) is 97.3 Å². The number of para-hydroxylation sites is 1. The highest BCUT2D eigenvalue weighted by molar-refractivity contribution is 7.45. The summed E-state index contributed by atoms with van der Waals surface area (Å²) in [5.41, 5.74) is 0.687. The zero-order chi connectivity index (χ0) is 38.5. The molecule has 8 rings (SSSR count). The number of carbonyl (C=O) groups excluding carboxylic acids is 1. The standard InChI is InChI=1S/C40H44N7O7PSi/c1-56(29-15-7-3-8-16-29,30-17-9-4-10-18-30)26-34-31-19-11-21-47(31)55(54-34)53-32-23-36(52-33(32)24-48)46-27-42-37-38(46)44-40(45-39(37)50-22-12-20-41)43-35(49)25-51-28-13-5-2-6-14-28/h2-10,13-18,27,31-34,36,48H,11-12,19,21-26H2,1H3,(H,43,44,45,49)/t31-,32+,33+,34+,36+,55+/m0/s1. The highest BCUT2D eigenvalue weighted by Crippen LogP contribution is 2.58. The van der Waals surface area contributed by atoms with Gasteiger partial charge in [-0.3, -0.25) is 14.7 Å². The van der Waals surface area contributed by atoms with Gasteiger partial charge in [0.15, 0.2) is 17.8 Å². The number of carbonyl (C=O) groups is 1. The number of nitrogens with zero attached hydrogens (tertiary/aromatic N) is 6. The lowest BCUT2D eigenvalue weighted by Crippen LogP contribution is -2.58. The normalized spacial score (nSPS) is 23.5. The second kappa shape index (κ2) is 17.2. The lowest BCUT2D eigenvalue weighted by atomic mass is 10.1. The zero-order valence-corrected chi connectivity index (χ0v) is 32.9. The second-order valence-corrected chi connectivity index (χ2v) is 19.9. The quantitative estimate of drug-likeness (QED) is 0.0848. The minimum Gasteiger partial charge on any atom is -0.484 e. The largest absolute Gasteiger partial charge is 0.484 e.